The average molecular weight is 246 g/mol. The number of nitrogens with zero attached hydrogens (tertiary/aromatic N) is 4. The summed E-state index contributed by atoms with van der Waals surface area (Å²) in [5.41, 5.74) is 0.857. The second-order valence-electron chi connectivity index (χ2n) is 1.78. The van der Waals surface area contributed by atoms with E-state index in [1.807, 2.05) is 10.6 Å². The molecule has 0 atom stereocenters. The molecule has 2 rings (SSSR count). The van der Waals surface area contributed by atoms with E-state index in [1.54, 1.807) is 12.5 Å². The summed E-state index contributed by atoms with van der Waals surface area (Å²) in [4.78, 5) is 4.07. The second-order valence-corrected chi connectivity index (χ2v) is 2.80. The molecule has 2 aromatic heterocycles. The molecular weight excluding hydrogens is 243 g/mol. The molecule has 0 saturated carbocycles. The molecule has 0 aliphatic carbocycles. The number of rotatable bonds is 0. The molecule has 0 aliphatic rings. The van der Waals surface area contributed by atoms with Gasteiger partial charge in [0.15, 0.2) is 9.35 Å². The minimum absolute atomic E-state index is 0.824. The van der Waals surface area contributed by atoms with Gasteiger partial charge < -0.3 is 0 Å². The summed E-state index contributed by atoms with van der Waals surface area (Å²) < 4.78 is 2.65. The van der Waals surface area contributed by atoms with Gasteiger partial charge in [0.05, 0.1) is 0 Å². The Labute approximate surface area is 70.4 Å². The number of aromatic nitrogens is 4. The van der Waals surface area contributed by atoms with Gasteiger partial charge in [-0.15, -0.1) is 10.2 Å². The van der Waals surface area contributed by atoms with Gasteiger partial charge in [0, 0.05) is 12.4 Å². The van der Waals surface area contributed by atoms with Gasteiger partial charge in [-0.1, -0.05) is 0 Å². The molecule has 0 saturated heterocycles. The Balaban J connectivity index is 2.95. The van der Waals surface area contributed by atoms with E-state index in [-0.39, 0.29) is 0 Å². The molecule has 5 heteroatoms. The van der Waals surface area contributed by atoms with E-state index in [0.29, 0.717) is 0 Å². The normalized spacial score (nSPS) is 10.5. The van der Waals surface area contributed by atoms with Crippen molar-refractivity contribution in [3.05, 3.63) is 22.4 Å². The van der Waals surface area contributed by atoms with Crippen molar-refractivity contribution in [1.29, 1.82) is 0 Å². The molecule has 0 N–H and O–H groups in total. The topological polar surface area (TPSA) is 43.1 Å². The number of hydrogen-bond acceptors (Lipinski definition) is 3. The molecule has 0 spiro atoms. The third-order valence-electron chi connectivity index (χ3n) is 1.17. The van der Waals surface area contributed by atoms with E-state index < -0.39 is 0 Å². The molecule has 0 aliphatic heterocycles. The Hall–Kier alpha value is -0.720. The summed E-state index contributed by atoms with van der Waals surface area (Å²) in [7, 11) is 0. The highest BCUT2D eigenvalue weighted by atomic mass is 127. The van der Waals surface area contributed by atoms with E-state index in [2.05, 4.69) is 37.8 Å². The smallest absolute Gasteiger partial charge is 0.172 e. The molecular formula is C5H3IN4. The summed E-state index contributed by atoms with van der Waals surface area (Å²) >= 11 is 2.10. The quantitative estimate of drug-likeness (QED) is 0.643. The predicted octanol–water partition coefficient (Wildman–Crippen LogP) is 0.729. The number of halogens is 1. The van der Waals surface area contributed by atoms with Crippen LogP contribution in [0.1, 0.15) is 0 Å². The summed E-state index contributed by atoms with van der Waals surface area (Å²) in [5.74, 6) is 0. The molecule has 50 valence electrons. The van der Waals surface area contributed by atoms with Gasteiger partial charge in [-0.2, -0.15) is 0 Å². The monoisotopic (exact) mass is 246 g/mol. The molecule has 0 unspecified atom stereocenters. The van der Waals surface area contributed by atoms with Gasteiger partial charge in [-0.25, -0.2) is 4.98 Å². The van der Waals surface area contributed by atoms with Crippen LogP contribution in [0.3, 0.4) is 0 Å². The lowest BCUT2D eigenvalue weighted by atomic mass is 10.8. The van der Waals surface area contributed by atoms with Gasteiger partial charge >= 0.3 is 0 Å². The van der Waals surface area contributed by atoms with Gasteiger partial charge in [-0.3, -0.25) is 4.40 Å². The lowest BCUT2D eigenvalue weighted by Crippen LogP contribution is -1.92. The fourth-order valence-corrected chi connectivity index (χ4v) is 1.29. The second kappa shape index (κ2) is 2.15. The van der Waals surface area contributed by atoms with E-state index in [9.17, 15) is 0 Å². The maximum atomic E-state index is 4.07. The largest absolute Gasteiger partial charge is 0.287 e. The maximum Gasteiger partial charge on any atom is 0.172 e. The van der Waals surface area contributed by atoms with Crippen LogP contribution >= 0.6 is 22.6 Å². The van der Waals surface area contributed by atoms with Crippen LogP contribution in [0.5, 0.6) is 0 Å². The highest BCUT2D eigenvalue weighted by molar-refractivity contribution is 14.1. The zero-order valence-corrected chi connectivity index (χ0v) is 7.06. The van der Waals surface area contributed by atoms with Gasteiger partial charge in [0.1, 0.15) is 6.33 Å². The third kappa shape index (κ3) is 0.772. The lowest BCUT2D eigenvalue weighted by Gasteiger charge is -1.90. The Morgan fingerprint density at radius 3 is 3.20 bits per heavy atom. The standard InChI is InChI=1S/C5H3IN4/c6-4-5-7-1-2-10(5)3-8-9-4/h1-3H. The Bertz CT molecular complexity index is 355. The zero-order chi connectivity index (χ0) is 6.97. The van der Waals surface area contributed by atoms with Crippen LogP contribution in [0.15, 0.2) is 18.7 Å². The summed E-state index contributed by atoms with van der Waals surface area (Å²) in [6.45, 7) is 0. The minimum atomic E-state index is 0.824. The van der Waals surface area contributed by atoms with Gasteiger partial charge in [-0.05, 0) is 22.6 Å². The molecule has 0 amide bonds. The van der Waals surface area contributed by atoms with Crippen molar-refractivity contribution >= 4 is 28.2 Å². The first-order chi connectivity index (χ1) is 4.88. The zero-order valence-electron chi connectivity index (χ0n) is 4.90. The van der Waals surface area contributed by atoms with Gasteiger partial charge in [0.25, 0.3) is 0 Å². The van der Waals surface area contributed by atoms with Crippen molar-refractivity contribution in [2.45, 2.75) is 0 Å². The minimum Gasteiger partial charge on any atom is -0.287 e. The highest BCUT2D eigenvalue weighted by Gasteiger charge is 1.97. The number of fused-ring (bicyclic) bond motifs is 1. The molecule has 0 aromatic carbocycles. The first-order valence-corrected chi connectivity index (χ1v) is 3.75. The van der Waals surface area contributed by atoms with E-state index >= 15 is 0 Å². The molecule has 0 bridgehead atoms. The van der Waals surface area contributed by atoms with Crippen molar-refractivity contribution in [3.8, 4) is 0 Å². The third-order valence-corrected chi connectivity index (χ3v) is 1.87. The summed E-state index contributed by atoms with van der Waals surface area (Å²) in [6.07, 6.45) is 5.19. The first-order valence-electron chi connectivity index (χ1n) is 2.68. The Kier molecular flexibility index (Phi) is 1.30. The summed E-state index contributed by atoms with van der Waals surface area (Å²) in [6, 6.07) is 0. The van der Waals surface area contributed by atoms with Crippen molar-refractivity contribution in [3.63, 3.8) is 0 Å². The lowest BCUT2D eigenvalue weighted by molar-refractivity contribution is 0.923. The van der Waals surface area contributed by atoms with Crippen molar-refractivity contribution in [1.82, 2.24) is 19.6 Å². The Morgan fingerprint density at radius 2 is 2.40 bits per heavy atom. The van der Waals surface area contributed by atoms with Crippen LogP contribution in [-0.2, 0) is 0 Å². The van der Waals surface area contributed by atoms with E-state index in [1.165, 1.54) is 0 Å². The highest BCUT2D eigenvalue weighted by Crippen LogP contribution is 2.05. The average Bonchev–Trinajstić information content (AvgIpc) is 2.36. The summed E-state index contributed by atoms with van der Waals surface area (Å²) in [5, 5.41) is 7.58. The maximum absolute atomic E-state index is 4.07. The molecule has 4 nitrogen and oxygen atoms in total. The first kappa shape index (κ1) is 6.02. The van der Waals surface area contributed by atoms with E-state index in [4.69, 9.17) is 0 Å². The Morgan fingerprint density at radius 1 is 1.50 bits per heavy atom. The van der Waals surface area contributed by atoms with Crippen molar-refractivity contribution in [2.75, 3.05) is 0 Å². The molecule has 0 radical (unpaired) electrons. The van der Waals surface area contributed by atoms with Crippen molar-refractivity contribution < 1.29 is 0 Å². The number of hydrogen-bond donors (Lipinski definition) is 0. The molecule has 0 fully saturated rings. The predicted molar refractivity (Wildman–Crippen MR) is 43.5 cm³/mol. The van der Waals surface area contributed by atoms with Crippen molar-refractivity contribution in [2.24, 2.45) is 0 Å². The van der Waals surface area contributed by atoms with Crippen LogP contribution in [0.2, 0.25) is 0 Å². The van der Waals surface area contributed by atoms with E-state index in [0.717, 1.165) is 9.35 Å². The fraction of sp³-hybridized carbons (Fsp3) is 0. The molecule has 2 aromatic rings. The SMILES string of the molecule is Ic1nncn2ccnc12. The van der Waals surface area contributed by atoms with Crippen LogP contribution < -0.4 is 0 Å². The fourth-order valence-electron chi connectivity index (χ4n) is 0.743. The van der Waals surface area contributed by atoms with Crippen LogP contribution in [0.25, 0.3) is 5.65 Å². The van der Waals surface area contributed by atoms with Crippen LogP contribution in [0, 0.1) is 3.70 Å². The van der Waals surface area contributed by atoms with Crippen LogP contribution in [-0.4, -0.2) is 19.6 Å². The van der Waals surface area contributed by atoms with Gasteiger partial charge in [0.2, 0.25) is 0 Å². The molecule has 2 heterocycles. The van der Waals surface area contributed by atoms with Crippen LogP contribution in [0.4, 0.5) is 0 Å². The number of imidazole rings is 1. The molecule has 10 heavy (non-hydrogen) atoms.